The van der Waals surface area contributed by atoms with Crippen LogP contribution in [0.5, 0.6) is 0 Å². The lowest BCUT2D eigenvalue weighted by Crippen LogP contribution is -1.93. The van der Waals surface area contributed by atoms with Crippen LogP contribution in [-0.2, 0) is 11.3 Å². The van der Waals surface area contributed by atoms with Gasteiger partial charge in [-0.2, -0.15) is 0 Å². The smallest absolute Gasteiger partial charge is 0.144 e. The van der Waals surface area contributed by atoms with E-state index < -0.39 is 0 Å². The number of aliphatic hydroxyl groups is 1. The van der Waals surface area contributed by atoms with Crippen LogP contribution in [-0.4, -0.2) is 11.9 Å². The monoisotopic (exact) mass is 164 g/mol. The Balaban J connectivity index is 2.58. The molecule has 0 aliphatic heterocycles. The summed E-state index contributed by atoms with van der Waals surface area (Å²) in [6, 6.07) is 7.82. The Morgan fingerprint density at radius 2 is 2.00 bits per heavy atom. The number of hydrogen-bond acceptors (Lipinski definition) is 2. The first-order valence-electron chi connectivity index (χ1n) is 3.77. The van der Waals surface area contributed by atoms with Crippen molar-refractivity contribution >= 4 is 6.08 Å². The second-order valence-corrected chi connectivity index (χ2v) is 2.42. The molecule has 64 valence electrons. The zero-order valence-electron chi connectivity index (χ0n) is 6.86. The van der Waals surface area contributed by atoms with Crippen LogP contribution < -0.4 is 0 Å². The highest BCUT2D eigenvalue weighted by molar-refractivity contribution is 5.47. The summed E-state index contributed by atoms with van der Waals surface area (Å²) in [5, 5.41) is 8.39. The molecule has 0 unspecified atom stereocenters. The van der Waals surface area contributed by atoms with E-state index in [1.165, 1.54) is 0 Å². The molecule has 0 amide bonds. The van der Waals surface area contributed by atoms with E-state index in [1.807, 2.05) is 24.3 Å². The second-order valence-electron chi connectivity index (χ2n) is 2.42. The molecular formula is C10H12O2. The van der Waals surface area contributed by atoms with Gasteiger partial charge in [0.25, 0.3) is 0 Å². The van der Waals surface area contributed by atoms with E-state index in [9.17, 15) is 0 Å². The van der Waals surface area contributed by atoms with Crippen LogP contribution in [0.3, 0.4) is 0 Å². The van der Waals surface area contributed by atoms with Crippen molar-refractivity contribution < 1.29 is 9.84 Å². The minimum atomic E-state index is -0.233. The van der Waals surface area contributed by atoms with Gasteiger partial charge in [-0.05, 0) is 11.1 Å². The van der Waals surface area contributed by atoms with Gasteiger partial charge in [-0.3, -0.25) is 0 Å². The average molecular weight is 164 g/mol. The number of aliphatic hydroxyl groups excluding tert-OH is 1. The number of ether oxygens (including phenoxy) is 1. The summed E-state index contributed by atoms with van der Waals surface area (Å²) in [6.45, 7) is 3.87. The van der Waals surface area contributed by atoms with Crippen molar-refractivity contribution in [3.05, 3.63) is 42.0 Å². The molecule has 0 spiro atoms. The van der Waals surface area contributed by atoms with Gasteiger partial charge in [0.15, 0.2) is 0 Å². The molecule has 2 nitrogen and oxygen atoms in total. The van der Waals surface area contributed by atoms with Crippen molar-refractivity contribution in [3.8, 4) is 0 Å². The summed E-state index contributed by atoms with van der Waals surface area (Å²) in [6.07, 6.45) is 1.79. The van der Waals surface area contributed by atoms with Crippen molar-refractivity contribution in [1.82, 2.24) is 0 Å². The van der Waals surface area contributed by atoms with E-state index in [-0.39, 0.29) is 6.79 Å². The average Bonchev–Trinajstić information content (AvgIpc) is 2.15. The Labute approximate surface area is 72.1 Å². The lowest BCUT2D eigenvalue weighted by molar-refractivity contribution is -0.0112. The van der Waals surface area contributed by atoms with Crippen molar-refractivity contribution in [2.75, 3.05) is 6.79 Å². The largest absolute Gasteiger partial charge is 0.371 e. The van der Waals surface area contributed by atoms with Crippen LogP contribution in [0, 0.1) is 0 Å². The van der Waals surface area contributed by atoms with Crippen LogP contribution in [0.2, 0.25) is 0 Å². The molecule has 0 aliphatic carbocycles. The number of rotatable bonds is 4. The fourth-order valence-corrected chi connectivity index (χ4v) is 0.913. The van der Waals surface area contributed by atoms with E-state index in [0.29, 0.717) is 6.61 Å². The van der Waals surface area contributed by atoms with Gasteiger partial charge in [-0.15, -0.1) is 0 Å². The molecule has 0 heterocycles. The lowest BCUT2D eigenvalue weighted by atomic mass is 10.1. The van der Waals surface area contributed by atoms with E-state index in [0.717, 1.165) is 11.1 Å². The van der Waals surface area contributed by atoms with Gasteiger partial charge in [-0.1, -0.05) is 36.9 Å². The molecule has 1 N–H and O–H groups in total. The zero-order valence-corrected chi connectivity index (χ0v) is 6.86. The zero-order chi connectivity index (χ0) is 8.81. The molecule has 0 aromatic heterocycles. The van der Waals surface area contributed by atoms with Crippen LogP contribution in [0.4, 0.5) is 0 Å². The third-order valence-corrected chi connectivity index (χ3v) is 1.58. The maximum atomic E-state index is 8.39. The molecule has 0 bridgehead atoms. The Bertz CT molecular complexity index is 239. The van der Waals surface area contributed by atoms with E-state index in [1.54, 1.807) is 6.08 Å². The predicted octanol–water partition coefficient (Wildman–Crippen LogP) is 1.80. The Hall–Kier alpha value is -1.12. The fourth-order valence-electron chi connectivity index (χ4n) is 0.913. The van der Waals surface area contributed by atoms with Crippen molar-refractivity contribution in [2.45, 2.75) is 6.61 Å². The van der Waals surface area contributed by atoms with Gasteiger partial charge in [0.05, 0.1) is 6.61 Å². The predicted molar refractivity (Wildman–Crippen MR) is 48.4 cm³/mol. The van der Waals surface area contributed by atoms with Gasteiger partial charge in [0.2, 0.25) is 0 Å². The summed E-state index contributed by atoms with van der Waals surface area (Å²) in [5.41, 5.74) is 2.14. The topological polar surface area (TPSA) is 29.5 Å². The van der Waals surface area contributed by atoms with Gasteiger partial charge in [0.1, 0.15) is 6.79 Å². The highest BCUT2D eigenvalue weighted by Gasteiger charge is 1.91. The summed E-state index contributed by atoms with van der Waals surface area (Å²) < 4.78 is 4.82. The molecule has 0 fully saturated rings. The highest BCUT2D eigenvalue weighted by Crippen LogP contribution is 2.06. The third-order valence-electron chi connectivity index (χ3n) is 1.58. The summed E-state index contributed by atoms with van der Waals surface area (Å²) in [7, 11) is 0. The first-order chi connectivity index (χ1) is 5.86. The molecule has 2 heteroatoms. The second kappa shape index (κ2) is 4.70. The first kappa shape index (κ1) is 8.97. The lowest BCUT2D eigenvalue weighted by Gasteiger charge is -2.00. The quantitative estimate of drug-likeness (QED) is 0.687. The standard InChI is InChI=1S/C10H12O2/c1-2-9-3-5-10(6-4-9)7-12-8-11/h2-6,11H,1,7-8H2. The molecular weight excluding hydrogens is 152 g/mol. The van der Waals surface area contributed by atoms with Crippen LogP contribution in [0.25, 0.3) is 6.08 Å². The maximum Gasteiger partial charge on any atom is 0.144 e. The van der Waals surface area contributed by atoms with Crippen LogP contribution in [0.15, 0.2) is 30.8 Å². The van der Waals surface area contributed by atoms with E-state index in [2.05, 4.69) is 6.58 Å². The fraction of sp³-hybridized carbons (Fsp3) is 0.200. The molecule has 0 aliphatic rings. The first-order valence-corrected chi connectivity index (χ1v) is 3.77. The van der Waals surface area contributed by atoms with E-state index in [4.69, 9.17) is 9.84 Å². The third kappa shape index (κ3) is 2.49. The molecule has 1 rings (SSSR count). The summed E-state index contributed by atoms with van der Waals surface area (Å²) in [5.74, 6) is 0. The van der Waals surface area contributed by atoms with Gasteiger partial charge in [-0.25, -0.2) is 0 Å². The Kier molecular flexibility index (Phi) is 3.51. The molecule has 1 aromatic rings. The van der Waals surface area contributed by atoms with Crippen molar-refractivity contribution in [2.24, 2.45) is 0 Å². The van der Waals surface area contributed by atoms with Crippen molar-refractivity contribution in [3.63, 3.8) is 0 Å². The SMILES string of the molecule is C=Cc1ccc(COCO)cc1. The molecule has 0 atom stereocenters. The molecule has 12 heavy (non-hydrogen) atoms. The summed E-state index contributed by atoms with van der Waals surface area (Å²) >= 11 is 0. The molecule has 0 saturated heterocycles. The van der Waals surface area contributed by atoms with Crippen molar-refractivity contribution in [1.29, 1.82) is 0 Å². The Morgan fingerprint density at radius 3 is 2.50 bits per heavy atom. The number of hydrogen-bond donors (Lipinski definition) is 1. The Morgan fingerprint density at radius 1 is 1.33 bits per heavy atom. The van der Waals surface area contributed by atoms with Crippen LogP contribution in [0.1, 0.15) is 11.1 Å². The van der Waals surface area contributed by atoms with Crippen LogP contribution >= 0.6 is 0 Å². The van der Waals surface area contributed by atoms with Gasteiger partial charge >= 0.3 is 0 Å². The normalized spacial score (nSPS) is 9.75. The molecule has 0 radical (unpaired) electrons. The summed E-state index contributed by atoms with van der Waals surface area (Å²) in [4.78, 5) is 0. The van der Waals surface area contributed by atoms with Gasteiger partial charge < -0.3 is 9.84 Å². The maximum absolute atomic E-state index is 8.39. The van der Waals surface area contributed by atoms with Gasteiger partial charge in [0, 0.05) is 0 Å². The number of benzene rings is 1. The highest BCUT2D eigenvalue weighted by atomic mass is 16.6. The molecule has 1 aromatic carbocycles. The minimum Gasteiger partial charge on any atom is -0.371 e. The van der Waals surface area contributed by atoms with E-state index >= 15 is 0 Å². The minimum absolute atomic E-state index is 0.233. The molecule has 0 saturated carbocycles.